The van der Waals surface area contributed by atoms with E-state index < -0.39 is 15.4 Å². The van der Waals surface area contributed by atoms with Gasteiger partial charge in [0.2, 0.25) is 9.76 Å². The molecular formula is C33H49NO3Si. The van der Waals surface area contributed by atoms with Crippen LogP contribution < -0.4 is 4.43 Å². The van der Waals surface area contributed by atoms with Crippen molar-refractivity contribution >= 4 is 15.7 Å². The van der Waals surface area contributed by atoms with Crippen LogP contribution in [0.2, 0.25) is 5.04 Å². The van der Waals surface area contributed by atoms with Crippen LogP contribution >= 0.6 is 0 Å². The van der Waals surface area contributed by atoms with Gasteiger partial charge >= 0.3 is 5.97 Å². The highest BCUT2D eigenvalue weighted by molar-refractivity contribution is 6.33. The number of aryl methyl sites for hydroxylation is 1. The lowest BCUT2D eigenvalue weighted by Gasteiger charge is -2.24. The van der Waals surface area contributed by atoms with Gasteiger partial charge in [0.05, 0.1) is 17.9 Å². The second-order valence-corrected chi connectivity index (χ2v) is 14.8. The molecule has 0 spiro atoms. The molecule has 0 heterocycles. The number of ether oxygens (including phenoxy) is 1. The summed E-state index contributed by atoms with van der Waals surface area (Å²) in [5.74, 6) is 0.282. The maximum atomic E-state index is 12.2. The van der Waals surface area contributed by atoms with Crippen molar-refractivity contribution in [1.82, 2.24) is 0 Å². The highest BCUT2D eigenvalue weighted by Gasteiger charge is 2.23. The fourth-order valence-electron chi connectivity index (χ4n) is 4.43. The van der Waals surface area contributed by atoms with E-state index in [1.165, 1.54) is 31.2 Å². The minimum atomic E-state index is -0.615. The molecule has 1 aliphatic rings. The number of rotatable bonds is 15. The summed E-state index contributed by atoms with van der Waals surface area (Å²) in [4.78, 5) is 12.2. The number of carbonyl (C=O) groups is 1. The van der Waals surface area contributed by atoms with Gasteiger partial charge in [-0.3, -0.25) is 4.79 Å². The van der Waals surface area contributed by atoms with Gasteiger partial charge in [-0.05, 0) is 74.8 Å². The third-order valence-electron chi connectivity index (χ3n) is 6.72. The van der Waals surface area contributed by atoms with Gasteiger partial charge < -0.3 is 9.16 Å². The zero-order chi connectivity index (χ0) is 28.0. The number of esters is 1. The Bertz CT molecular complexity index is 977. The van der Waals surface area contributed by atoms with Crippen molar-refractivity contribution in [1.29, 1.82) is 5.26 Å². The van der Waals surface area contributed by atoms with E-state index in [1.54, 1.807) is 0 Å². The number of carbonyl (C=O) groups excluding carboxylic acids is 1. The Kier molecular flexibility index (Phi) is 13.1. The molecule has 0 radical (unpaired) electrons. The van der Waals surface area contributed by atoms with Crippen LogP contribution in [0.4, 0.5) is 0 Å². The number of unbranched alkanes of at least 4 members (excludes halogenated alkanes) is 4. The van der Waals surface area contributed by atoms with Crippen LogP contribution in [-0.2, 0) is 16.0 Å². The monoisotopic (exact) mass is 535 g/mol. The van der Waals surface area contributed by atoms with Crippen LogP contribution in [0.5, 0.6) is 5.75 Å². The van der Waals surface area contributed by atoms with Crippen LogP contribution in [0.25, 0.3) is 0 Å². The largest absolute Gasteiger partial charge is 0.549 e. The average Bonchev–Trinajstić information content (AvgIpc) is 2.87. The average molecular weight is 536 g/mol. The van der Waals surface area contributed by atoms with Gasteiger partial charge in [-0.25, -0.2) is 0 Å². The molecule has 5 heteroatoms. The minimum absolute atomic E-state index is 0.121. The van der Waals surface area contributed by atoms with Gasteiger partial charge in [0.1, 0.15) is 11.4 Å². The first-order valence-corrected chi connectivity index (χ1v) is 15.7. The second kappa shape index (κ2) is 15.7. The lowest BCUT2D eigenvalue weighted by molar-refractivity contribution is -0.156. The first-order valence-electron chi connectivity index (χ1n) is 14.4. The van der Waals surface area contributed by atoms with Crippen LogP contribution in [-0.4, -0.2) is 21.3 Å². The van der Waals surface area contributed by atoms with Crippen molar-refractivity contribution in [3.05, 3.63) is 65.8 Å². The zero-order valence-electron chi connectivity index (χ0n) is 24.6. The van der Waals surface area contributed by atoms with Crippen molar-refractivity contribution < 1.29 is 14.0 Å². The SMILES string of the molecule is CCCCCC(C)(C)[SiH2]Oc1ccc(CCCCC[C@@H](C#N)C=C2C=CC(C(=O)OC(C)(C)C)C=C2)cc1. The molecule has 1 aromatic carbocycles. The summed E-state index contributed by atoms with van der Waals surface area (Å²) >= 11 is 0. The van der Waals surface area contributed by atoms with Gasteiger partial charge in [0, 0.05) is 0 Å². The van der Waals surface area contributed by atoms with Gasteiger partial charge in [-0.1, -0.05) is 95.4 Å². The molecule has 0 amide bonds. The first kappa shape index (κ1) is 31.6. The van der Waals surface area contributed by atoms with Crippen LogP contribution in [0.3, 0.4) is 0 Å². The molecule has 0 bridgehead atoms. The molecule has 2 rings (SSSR count). The highest BCUT2D eigenvalue weighted by Crippen LogP contribution is 2.31. The number of hydrogen-bond donors (Lipinski definition) is 0. The standard InChI is InChI=1S/C33H49NO3Si/c1-7-8-12-23-33(5,6)38-37-30-21-17-26(18-22-30)13-10-9-11-14-28(25-34)24-27-15-19-29(20-16-27)31(35)36-32(2,3)4/h15-22,24,28-29H,7-14,23,38H2,1-6H3/t28-,29?/m1/s1. The third-order valence-corrected chi connectivity index (χ3v) is 8.33. The molecule has 4 nitrogen and oxygen atoms in total. The zero-order valence-corrected chi connectivity index (χ0v) is 26.0. The van der Waals surface area contributed by atoms with Gasteiger partial charge in [-0.15, -0.1) is 0 Å². The van der Waals surface area contributed by atoms with E-state index in [0.717, 1.165) is 43.4 Å². The fraction of sp³-hybridized carbons (Fsp3) is 0.576. The quantitative estimate of drug-likeness (QED) is 0.129. The van der Waals surface area contributed by atoms with Gasteiger partial charge in [0.15, 0.2) is 0 Å². The lowest BCUT2D eigenvalue weighted by Crippen LogP contribution is -2.27. The number of nitrogens with zero attached hydrogens (tertiary/aromatic N) is 1. The molecule has 0 N–H and O–H groups in total. The Morgan fingerprint density at radius 2 is 1.71 bits per heavy atom. The Morgan fingerprint density at radius 3 is 2.32 bits per heavy atom. The van der Waals surface area contributed by atoms with E-state index in [1.807, 2.05) is 51.2 Å². The molecule has 1 atom stereocenters. The Hall–Kier alpha value is -2.58. The number of allylic oxidation sites excluding steroid dienone is 4. The fourth-order valence-corrected chi connectivity index (χ4v) is 5.58. The van der Waals surface area contributed by atoms with Crippen molar-refractivity contribution in [3.63, 3.8) is 0 Å². The van der Waals surface area contributed by atoms with Crippen molar-refractivity contribution in [3.8, 4) is 11.8 Å². The van der Waals surface area contributed by atoms with Crippen molar-refractivity contribution in [2.24, 2.45) is 11.8 Å². The van der Waals surface area contributed by atoms with Crippen LogP contribution in [0.15, 0.2) is 60.2 Å². The minimum Gasteiger partial charge on any atom is -0.549 e. The maximum Gasteiger partial charge on any atom is 0.317 e. The van der Waals surface area contributed by atoms with Crippen molar-refractivity contribution in [2.45, 2.75) is 110 Å². The maximum absolute atomic E-state index is 12.2. The molecule has 0 aliphatic heterocycles. The van der Waals surface area contributed by atoms with Gasteiger partial charge in [0.25, 0.3) is 0 Å². The van der Waals surface area contributed by atoms with E-state index in [-0.39, 0.29) is 17.8 Å². The Labute approximate surface area is 234 Å². The predicted molar refractivity (Wildman–Crippen MR) is 161 cm³/mol. The molecule has 208 valence electrons. The summed E-state index contributed by atoms with van der Waals surface area (Å²) in [5.41, 5.74) is 1.83. The smallest absolute Gasteiger partial charge is 0.317 e. The van der Waals surface area contributed by atoms with Gasteiger partial charge in [-0.2, -0.15) is 5.26 Å². The van der Waals surface area contributed by atoms with Crippen molar-refractivity contribution in [2.75, 3.05) is 0 Å². The summed E-state index contributed by atoms with van der Waals surface area (Å²) in [5, 5.41) is 9.95. The summed E-state index contributed by atoms with van der Waals surface area (Å²) in [7, 11) is -0.615. The topological polar surface area (TPSA) is 59.3 Å². The molecular weight excluding hydrogens is 486 g/mol. The van der Waals surface area contributed by atoms with E-state index in [2.05, 4.69) is 51.1 Å². The second-order valence-electron chi connectivity index (χ2n) is 12.3. The van der Waals surface area contributed by atoms with Crippen LogP contribution in [0.1, 0.15) is 98.5 Å². The molecule has 0 unspecified atom stereocenters. The van der Waals surface area contributed by atoms with Crippen LogP contribution in [0, 0.1) is 23.2 Å². The van der Waals surface area contributed by atoms with E-state index in [0.29, 0.717) is 5.04 Å². The van der Waals surface area contributed by atoms with E-state index >= 15 is 0 Å². The number of nitriles is 1. The molecule has 0 fully saturated rings. The number of benzene rings is 1. The first-order chi connectivity index (χ1) is 18.0. The third kappa shape index (κ3) is 12.8. The Morgan fingerprint density at radius 1 is 1.03 bits per heavy atom. The summed E-state index contributed by atoms with van der Waals surface area (Å²) in [6.07, 6.45) is 19.8. The van der Waals surface area contributed by atoms with E-state index in [9.17, 15) is 10.1 Å². The summed E-state index contributed by atoms with van der Waals surface area (Å²) in [6.45, 7) is 12.6. The molecule has 0 saturated heterocycles. The molecule has 0 aromatic heterocycles. The number of hydrogen-bond acceptors (Lipinski definition) is 4. The molecule has 38 heavy (non-hydrogen) atoms. The molecule has 1 aliphatic carbocycles. The molecule has 1 aromatic rings. The summed E-state index contributed by atoms with van der Waals surface area (Å²) in [6, 6.07) is 11.1. The normalized spacial score (nSPS) is 16.4. The predicted octanol–water partition coefficient (Wildman–Crippen LogP) is 8.18. The van der Waals surface area contributed by atoms with E-state index in [4.69, 9.17) is 9.16 Å². The summed E-state index contributed by atoms with van der Waals surface area (Å²) < 4.78 is 11.7. The lowest BCUT2D eigenvalue weighted by atomic mass is 9.94. The molecule has 0 saturated carbocycles. The Balaban J connectivity index is 1.68. The highest BCUT2D eigenvalue weighted by atomic mass is 28.2.